The Balaban J connectivity index is -0.000000155. The van der Waals surface area contributed by atoms with Crippen molar-refractivity contribution in [2.45, 2.75) is 154 Å². The number of aryl methyl sites for hydroxylation is 1. The lowest BCUT2D eigenvalue weighted by Gasteiger charge is -2.28. The molecule has 1 aromatic rings. The van der Waals surface area contributed by atoms with Gasteiger partial charge in [0, 0.05) is 6.04 Å². The van der Waals surface area contributed by atoms with Gasteiger partial charge in [-0.25, -0.2) is 0 Å². The summed E-state index contributed by atoms with van der Waals surface area (Å²) in [6, 6.07) is 8.22. The molecule has 0 aliphatic heterocycles. The van der Waals surface area contributed by atoms with Crippen LogP contribution in [0.25, 0.3) is 0 Å². The van der Waals surface area contributed by atoms with Gasteiger partial charge in [0.15, 0.2) is 0 Å². The minimum Gasteiger partial charge on any atom is -0.481 e. The number of hydrogen-bond donors (Lipinski definition) is 2. The van der Waals surface area contributed by atoms with Crippen LogP contribution >= 0.6 is 0 Å². The summed E-state index contributed by atoms with van der Waals surface area (Å²) in [6.07, 6.45) is 16.8. The van der Waals surface area contributed by atoms with Crippen LogP contribution in [0.4, 0.5) is 0 Å². The van der Waals surface area contributed by atoms with Crippen LogP contribution in [0.5, 0.6) is 0 Å². The van der Waals surface area contributed by atoms with E-state index in [2.05, 4.69) is 92.3 Å². The van der Waals surface area contributed by atoms with E-state index in [9.17, 15) is 4.79 Å². The van der Waals surface area contributed by atoms with Crippen LogP contribution in [0.3, 0.4) is 0 Å². The summed E-state index contributed by atoms with van der Waals surface area (Å²) >= 11 is 0. The number of benzene rings is 1. The van der Waals surface area contributed by atoms with E-state index in [4.69, 9.17) is 5.11 Å². The third-order valence-corrected chi connectivity index (χ3v) is 6.72. The molecule has 2 unspecified atom stereocenters. The first-order chi connectivity index (χ1) is 19.2. The van der Waals surface area contributed by atoms with Crippen LogP contribution in [0.2, 0.25) is 0 Å². The van der Waals surface area contributed by atoms with Crippen molar-refractivity contribution in [3.05, 3.63) is 46.5 Å². The number of hydrogen-bond acceptors (Lipinski definition) is 2. The number of carboxylic acids is 1. The molecule has 0 amide bonds. The predicted molar refractivity (Wildman–Crippen MR) is 188 cm³/mol. The van der Waals surface area contributed by atoms with Gasteiger partial charge in [-0.2, -0.15) is 0 Å². The number of unbranched alkanes of at least 4 members (excludes halogenated alkanes) is 1. The Labute approximate surface area is 258 Å². The van der Waals surface area contributed by atoms with Gasteiger partial charge in [0.25, 0.3) is 0 Å². The second-order valence-corrected chi connectivity index (χ2v) is 10.6. The lowest BCUT2D eigenvalue weighted by molar-refractivity contribution is -0.138. The maximum atomic E-state index is 10.6. The average molecular weight is 572 g/mol. The number of nitrogens with one attached hydrogen (secondary N) is 1. The summed E-state index contributed by atoms with van der Waals surface area (Å²) < 4.78 is 0. The molecule has 0 fully saturated rings. The van der Waals surface area contributed by atoms with Crippen molar-refractivity contribution in [3.63, 3.8) is 0 Å². The lowest BCUT2D eigenvalue weighted by Crippen LogP contribution is -2.27. The minimum absolute atomic E-state index is 0.358. The zero-order valence-electron chi connectivity index (χ0n) is 29.9. The van der Waals surface area contributed by atoms with Gasteiger partial charge >= 0.3 is 5.97 Å². The maximum Gasteiger partial charge on any atom is 0.310 e. The summed E-state index contributed by atoms with van der Waals surface area (Å²) in [5.74, 6) is 3.31. The predicted octanol–water partition coefficient (Wildman–Crippen LogP) is 11.2. The molecule has 2 N–H and O–H groups in total. The molecule has 3 nitrogen and oxygen atoms in total. The van der Waals surface area contributed by atoms with Gasteiger partial charge in [0.1, 0.15) is 0 Å². The van der Waals surface area contributed by atoms with E-state index >= 15 is 0 Å². The molecule has 3 heteroatoms. The van der Waals surface area contributed by atoms with Crippen LogP contribution in [0, 0.1) is 37.0 Å². The molecule has 0 radical (unpaired) electrons. The summed E-state index contributed by atoms with van der Waals surface area (Å²) in [7, 11) is 0. The van der Waals surface area contributed by atoms with Gasteiger partial charge in [-0.1, -0.05) is 109 Å². The fourth-order valence-electron chi connectivity index (χ4n) is 3.05. The van der Waals surface area contributed by atoms with Crippen LogP contribution < -0.4 is 5.32 Å². The van der Waals surface area contributed by atoms with Crippen molar-refractivity contribution >= 4 is 5.97 Å². The molecule has 2 atom stereocenters. The standard InChI is InChI=1S/C16H33N.C10H12O2.C4H10.2C3H4.C2H6/c1-8-13(3)15(5)16(6,7)11-10-12-17-14(4)9-2;1-7-3-5-9(6-4-7)8(2)10(11)12;1-3-4-2;2*1-3-2;1-2/h14,17H,8-12H2,1-7H3;3-6,8H,1-2H3,(H,11,12);3-4H2,1-2H3;2*1H,2H3;1-2H3/b15-13+;;;;;. The second-order valence-electron chi connectivity index (χ2n) is 10.6. The van der Waals surface area contributed by atoms with E-state index in [1.807, 2.05) is 45.0 Å². The highest BCUT2D eigenvalue weighted by Crippen LogP contribution is 2.33. The lowest BCUT2D eigenvalue weighted by atomic mass is 9.78. The molecule has 0 saturated heterocycles. The molecular formula is C38H69NO2. The zero-order chi connectivity index (χ0) is 33.4. The number of allylic oxidation sites excluding steroid dienone is 2. The fraction of sp³-hybridized carbons (Fsp3) is 0.658. The van der Waals surface area contributed by atoms with Crippen molar-refractivity contribution in [1.82, 2.24) is 5.32 Å². The third-order valence-electron chi connectivity index (χ3n) is 6.72. The van der Waals surface area contributed by atoms with E-state index in [1.165, 1.54) is 38.5 Å². The first-order valence-electron chi connectivity index (χ1n) is 15.6. The largest absolute Gasteiger partial charge is 0.481 e. The van der Waals surface area contributed by atoms with Crippen molar-refractivity contribution in [3.8, 4) is 24.7 Å². The Morgan fingerprint density at radius 1 is 0.951 bits per heavy atom. The summed E-state index contributed by atoms with van der Waals surface area (Å²) in [6.45, 7) is 32.6. The first-order valence-corrected chi connectivity index (χ1v) is 15.6. The van der Waals surface area contributed by atoms with E-state index < -0.39 is 11.9 Å². The Bertz CT molecular complexity index is 805. The number of rotatable bonds is 11. The molecule has 0 heterocycles. The van der Waals surface area contributed by atoms with Crippen LogP contribution in [0.15, 0.2) is 35.4 Å². The van der Waals surface area contributed by atoms with Gasteiger partial charge in [-0.3, -0.25) is 4.79 Å². The van der Waals surface area contributed by atoms with E-state index in [1.54, 1.807) is 31.9 Å². The number of carboxylic acid groups (broad SMARTS) is 1. The highest BCUT2D eigenvalue weighted by Gasteiger charge is 2.20. The van der Waals surface area contributed by atoms with Crippen LogP contribution in [0.1, 0.15) is 153 Å². The molecule has 41 heavy (non-hydrogen) atoms. The number of terminal acetylenes is 2. The second kappa shape index (κ2) is 33.7. The Morgan fingerprint density at radius 2 is 1.37 bits per heavy atom. The van der Waals surface area contributed by atoms with Gasteiger partial charge in [0.05, 0.1) is 5.92 Å². The van der Waals surface area contributed by atoms with Gasteiger partial charge < -0.3 is 10.4 Å². The summed E-state index contributed by atoms with van der Waals surface area (Å²) in [4.78, 5) is 10.6. The number of aliphatic carboxylic acids is 1. The molecule has 0 bridgehead atoms. The van der Waals surface area contributed by atoms with E-state index in [0.717, 1.165) is 17.7 Å². The molecule has 0 aliphatic rings. The van der Waals surface area contributed by atoms with E-state index in [0.29, 0.717) is 11.5 Å². The Kier molecular flexibility index (Phi) is 39.7. The molecule has 0 saturated carbocycles. The third kappa shape index (κ3) is 31.9. The van der Waals surface area contributed by atoms with Gasteiger partial charge in [0.2, 0.25) is 0 Å². The van der Waals surface area contributed by atoms with Gasteiger partial charge in [-0.15, -0.1) is 24.7 Å². The molecule has 0 aliphatic carbocycles. The van der Waals surface area contributed by atoms with Crippen molar-refractivity contribution in [1.29, 1.82) is 0 Å². The van der Waals surface area contributed by atoms with Crippen molar-refractivity contribution < 1.29 is 9.90 Å². The zero-order valence-corrected chi connectivity index (χ0v) is 29.9. The minimum atomic E-state index is -0.779. The molecule has 1 rings (SSSR count). The molecule has 238 valence electrons. The maximum absolute atomic E-state index is 10.6. The quantitative estimate of drug-likeness (QED) is 0.158. The summed E-state index contributed by atoms with van der Waals surface area (Å²) in [5, 5.41) is 12.3. The fourth-order valence-corrected chi connectivity index (χ4v) is 3.05. The Hall–Kier alpha value is -2.49. The average Bonchev–Trinajstić information content (AvgIpc) is 2.96. The normalized spacial score (nSPS) is 11.4. The molecular weight excluding hydrogens is 502 g/mol. The topological polar surface area (TPSA) is 49.3 Å². The first kappa shape index (κ1) is 48.3. The van der Waals surface area contributed by atoms with Crippen molar-refractivity contribution in [2.75, 3.05) is 6.54 Å². The Morgan fingerprint density at radius 3 is 1.68 bits per heavy atom. The highest BCUT2D eigenvalue weighted by atomic mass is 16.4. The molecule has 0 aromatic heterocycles. The van der Waals surface area contributed by atoms with Crippen LogP contribution in [-0.2, 0) is 4.79 Å². The summed E-state index contributed by atoms with van der Waals surface area (Å²) in [5.41, 5.74) is 5.51. The smallest absolute Gasteiger partial charge is 0.310 e. The SMILES string of the molecule is C#CC.C#CC.CC.CC/C(C)=C(\C)C(C)(C)CCCNC(C)CC.CCCC.Cc1ccc(C(C)C(=O)O)cc1. The van der Waals surface area contributed by atoms with E-state index in [-0.39, 0.29) is 0 Å². The van der Waals surface area contributed by atoms with Crippen LogP contribution in [-0.4, -0.2) is 23.7 Å². The molecule has 0 spiro atoms. The van der Waals surface area contributed by atoms with Gasteiger partial charge in [-0.05, 0) is 91.7 Å². The monoisotopic (exact) mass is 572 g/mol. The molecule has 1 aromatic carbocycles. The highest BCUT2D eigenvalue weighted by molar-refractivity contribution is 5.75. The van der Waals surface area contributed by atoms with Crippen molar-refractivity contribution in [2.24, 2.45) is 5.41 Å². The number of carbonyl (C=O) groups is 1.